The Balaban J connectivity index is 1.88. The van der Waals surface area contributed by atoms with Gasteiger partial charge in [0.2, 0.25) is 0 Å². The van der Waals surface area contributed by atoms with Crippen LogP contribution in [0, 0.1) is 20.2 Å². The fourth-order valence-electron chi connectivity index (χ4n) is 4.15. The number of nitrogens with zero attached hydrogens (tertiary/aromatic N) is 4. The van der Waals surface area contributed by atoms with Gasteiger partial charge >= 0.3 is 5.69 Å². The summed E-state index contributed by atoms with van der Waals surface area (Å²) in [5.74, 6) is 0. The van der Waals surface area contributed by atoms with E-state index in [0.717, 1.165) is 11.1 Å². The summed E-state index contributed by atoms with van der Waals surface area (Å²) in [4.78, 5) is 35.4. The van der Waals surface area contributed by atoms with Crippen LogP contribution in [0.5, 0.6) is 0 Å². The first-order valence-electron chi connectivity index (χ1n) is 10.9. The number of non-ortho nitro benzene ring substituents is 2. The normalized spacial score (nSPS) is 10.8. The minimum Gasteiger partial charge on any atom is -0.260 e. The fraction of sp³-hybridized carbons (Fsp3) is 0. The molecule has 176 valence electrons. The lowest BCUT2D eigenvalue weighted by atomic mass is 10.0. The maximum Gasteiger partial charge on any atom is 0.338 e. The molecule has 9 heteroatoms. The third kappa shape index (κ3) is 3.94. The molecule has 0 saturated carbocycles. The van der Waals surface area contributed by atoms with Gasteiger partial charge in [0.05, 0.1) is 32.6 Å². The van der Waals surface area contributed by atoms with Crippen molar-refractivity contribution in [2.45, 2.75) is 0 Å². The summed E-state index contributed by atoms with van der Waals surface area (Å²) < 4.78 is 3.01. The van der Waals surface area contributed by atoms with Crippen LogP contribution in [0.1, 0.15) is 0 Å². The van der Waals surface area contributed by atoms with E-state index in [-0.39, 0.29) is 11.4 Å². The minimum absolute atomic E-state index is 0.0915. The summed E-state index contributed by atoms with van der Waals surface area (Å²) in [6.07, 6.45) is 0. The van der Waals surface area contributed by atoms with Crippen molar-refractivity contribution in [2.24, 2.45) is 0 Å². The van der Waals surface area contributed by atoms with Gasteiger partial charge in [0.25, 0.3) is 11.4 Å². The number of hydrogen-bond acceptors (Lipinski definition) is 5. The number of nitro groups is 2. The van der Waals surface area contributed by atoms with Crippen molar-refractivity contribution in [1.29, 1.82) is 0 Å². The summed E-state index contributed by atoms with van der Waals surface area (Å²) in [5, 5.41) is 22.4. The highest BCUT2D eigenvalue weighted by atomic mass is 16.6. The Morgan fingerprint density at radius 2 is 0.833 bits per heavy atom. The van der Waals surface area contributed by atoms with E-state index in [1.807, 2.05) is 60.7 Å². The van der Waals surface area contributed by atoms with Gasteiger partial charge in [-0.1, -0.05) is 60.7 Å². The molecule has 5 rings (SSSR count). The predicted octanol–water partition coefficient (Wildman–Crippen LogP) is 5.78. The van der Waals surface area contributed by atoms with Crippen LogP contribution in [0.4, 0.5) is 11.4 Å². The third-order valence-electron chi connectivity index (χ3n) is 5.79. The van der Waals surface area contributed by atoms with Crippen LogP contribution < -0.4 is 5.69 Å². The Hall–Kier alpha value is -5.31. The first-order valence-corrected chi connectivity index (χ1v) is 10.9. The van der Waals surface area contributed by atoms with E-state index < -0.39 is 15.5 Å². The molecule has 0 aliphatic heterocycles. The van der Waals surface area contributed by atoms with Gasteiger partial charge in [-0.25, -0.2) is 4.79 Å². The predicted molar refractivity (Wildman–Crippen MR) is 136 cm³/mol. The number of aromatic nitrogens is 2. The van der Waals surface area contributed by atoms with Crippen LogP contribution in [0.3, 0.4) is 0 Å². The van der Waals surface area contributed by atoms with Crippen LogP contribution in [-0.4, -0.2) is 19.0 Å². The zero-order valence-electron chi connectivity index (χ0n) is 18.7. The van der Waals surface area contributed by atoms with Gasteiger partial charge in [0.1, 0.15) is 0 Å². The van der Waals surface area contributed by atoms with E-state index in [9.17, 15) is 25.0 Å². The zero-order valence-corrected chi connectivity index (χ0v) is 18.7. The average molecular weight is 478 g/mol. The second-order valence-electron chi connectivity index (χ2n) is 7.93. The van der Waals surface area contributed by atoms with Crippen LogP contribution in [0.15, 0.2) is 114 Å². The second-order valence-corrected chi connectivity index (χ2v) is 7.93. The van der Waals surface area contributed by atoms with E-state index in [2.05, 4.69) is 0 Å². The fourth-order valence-corrected chi connectivity index (χ4v) is 4.15. The molecule has 4 aromatic carbocycles. The van der Waals surface area contributed by atoms with E-state index in [0.29, 0.717) is 22.8 Å². The molecule has 5 aromatic rings. The lowest BCUT2D eigenvalue weighted by Crippen LogP contribution is -2.22. The van der Waals surface area contributed by atoms with Crippen molar-refractivity contribution in [3.05, 3.63) is 140 Å². The molecule has 0 N–H and O–H groups in total. The van der Waals surface area contributed by atoms with Crippen molar-refractivity contribution in [2.75, 3.05) is 0 Å². The van der Waals surface area contributed by atoms with E-state index in [1.165, 1.54) is 57.7 Å². The van der Waals surface area contributed by atoms with E-state index >= 15 is 0 Å². The Labute approximate surface area is 204 Å². The average Bonchev–Trinajstić information content (AvgIpc) is 3.22. The molecule has 1 heterocycles. The van der Waals surface area contributed by atoms with Crippen LogP contribution >= 0.6 is 0 Å². The van der Waals surface area contributed by atoms with Crippen LogP contribution in [-0.2, 0) is 0 Å². The van der Waals surface area contributed by atoms with Crippen molar-refractivity contribution in [3.63, 3.8) is 0 Å². The Morgan fingerprint density at radius 1 is 0.500 bits per heavy atom. The molecule has 0 aliphatic carbocycles. The lowest BCUT2D eigenvalue weighted by Gasteiger charge is -2.12. The summed E-state index contributed by atoms with van der Waals surface area (Å²) in [6.45, 7) is 0. The van der Waals surface area contributed by atoms with Gasteiger partial charge in [-0.15, -0.1) is 0 Å². The Bertz CT molecular complexity index is 1500. The van der Waals surface area contributed by atoms with Crippen molar-refractivity contribution < 1.29 is 9.85 Å². The van der Waals surface area contributed by atoms with Gasteiger partial charge in [0, 0.05) is 35.4 Å². The molecular weight excluding hydrogens is 460 g/mol. The molecule has 0 spiro atoms. The van der Waals surface area contributed by atoms with Gasteiger partial charge in [-0.3, -0.25) is 29.4 Å². The topological polar surface area (TPSA) is 113 Å². The molecule has 0 saturated heterocycles. The van der Waals surface area contributed by atoms with E-state index in [4.69, 9.17) is 0 Å². The summed E-state index contributed by atoms with van der Waals surface area (Å²) in [7, 11) is 0. The molecule has 0 radical (unpaired) electrons. The van der Waals surface area contributed by atoms with Crippen molar-refractivity contribution in [1.82, 2.24) is 9.13 Å². The highest BCUT2D eigenvalue weighted by Gasteiger charge is 2.25. The largest absolute Gasteiger partial charge is 0.338 e. The molecule has 0 aliphatic rings. The van der Waals surface area contributed by atoms with Gasteiger partial charge < -0.3 is 0 Å². The number of benzene rings is 4. The summed E-state index contributed by atoms with van der Waals surface area (Å²) >= 11 is 0. The standard InChI is InChI=1S/C27H18N4O5/c32-27-28(21-11-15-23(16-12-21)30(33)34)25(19-7-3-1-4-8-19)26(20-9-5-2-6-10-20)29(27)22-13-17-24(18-14-22)31(35)36/h1-18H. The number of hydrogen-bond donors (Lipinski definition) is 0. The molecule has 0 atom stereocenters. The molecule has 0 bridgehead atoms. The van der Waals surface area contributed by atoms with Gasteiger partial charge in [-0.05, 0) is 24.3 Å². The van der Waals surface area contributed by atoms with Gasteiger partial charge in [-0.2, -0.15) is 0 Å². The van der Waals surface area contributed by atoms with Gasteiger partial charge in [0.15, 0.2) is 0 Å². The maximum absolute atomic E-state index is 14.1. The van der Waals surface area contributed by atoms with Crippen LogP contribution in [0.25, 0.3) is 33.9 Å². The Kier molecular flexibility index (Phi) is 5.71. The maximum atomic E-state index is 14.1. The number of imidazole rings is 1. The number of nitro benzene ring substituents is 2. The number of rotatable bonds is 6. The summed E-state index contributed by atoms with van der Waals surface area (Å²) in [5.41, 5.74) is 2.97. The third-order valence-corrected chi connectivity index (χ3v) is 5.79. The zero-order chi connectivity index (χ0) is 25.2. The quantitative estimate of drug-likeness (QED) is 0.227. The highest BCUT2D eigenvalue weighted by Crippen LogP contribution is 2.35. The molecule has 36 heavy (non-hydrogen) atoms. The lowest BCUT2D eigenvalue weighted by molar-refractivity contribution is -0.385. The smallest absolute Gasteiger partial charge is 0.260 e. The summed E-state index contributed by atoms with van der Waals surface area (Å²) in [6, 6.07) is 30.2. The van der Waals surface area contributed by atoms with Crippen molar-refractivity contribution in [3.8, 4) is 33.9 Å². The van der Waals surface area contributed by atoms with E-state index in [1.54, 1.807) is 0 Å². The highest BCUT2D eigenvalue weighted by molar-refractivity contribution is 5.82. The first-order chi connectivity index (χ1) is 17.5. The minimum atomic E-state index is -0.498. The van der Waals surface area contributed by atoms with Crippen molar-refractivity contribution >= 4 is 11.4 Å². The molecule has 0 amide bonds. The van der Waals surface area contributed by atoms with Crippen LogP contribution in [0.2, 0.25) is 0 Å². The second kappa shape index (κ2) is 9.15. The Morgan fingerprint density at radius 3 is 1.14 bits per heavy atom. The molecular formula is C27H18N4O5. The monoisotopic (exact) mass is 478 g/mol. The molecule has 1 aromatic heterocycles. The molecule has 0 unspecified atom stereocenters. The molecule has 0 fully saturated rings. The SMILES string of the molecule is O=c1n(-c2ccc([N+](=O)[O-])cc2)c(-c2ccccc2)c(-c2ccccc2)n1-c1ccc([N+](=O)[O-])cc1. The first kappa shape index (κ1) is 22.5. The molecule has 9 nitrogen and oxygen atoms in total.